The Morgan fingerprint density at radius 3 is 2.50 bits per heavy atom. The molecule has 1 aromatic heterocycles. The third kappa shape index (κ3) is 4.41. The fourth-order valence-electron chi connectivity index (χ4n) is 4.14. The van der Waals surface area contributed by atoms with Crippen molar-refractivity contribution >= 4 is 22.8 Å². The minimum Gasteiger partial charge on any atom is -0.493 e. The first-order chi connectivity index (χ1) is 16.5. The van der Waals surface area contributed by atoms with E-state index < -0.39 is 5.97 Å². The predicted molar refractivity (Wildman–Crippen MR) is 128 cm³/mol. The van der Waals surface area contributed by atoms with Gasteiger partial charge in [-0.3, -0.25) is 9.59 Å². The molecule has 0 fully saturated rings. The molecule has 1 aliphatic heterocycles. The quantitative estimate of drug-likeness (QED) is 0.412. The molecule has 5 rings (SSSR count). The first-order valence-electron chi connectivity index (χ1n) is 11.0. The van der Waals surface area contributed by atoms with Gasteiger partial charge in [-0.05, 0) is 64.5 Å². The van der Waals surface area contributed by atoms with Crippen molar-refractivity contribution in [1.29, 1.82) is 0 Å². The van der Waals surface area contributed by atoms with Gasteiger partial charge in [0.2, 0.25) is 0 Å². The number of carboxylic acid groups (broad SMARTS) is 1. The zero-order chi connectivity index (χ0) is 23.7. The van der Waals surface area contributed by atoms with Crippen LogP contribution in [0.3, 0.4) is 0 Å². The Kier molecular flexibility index (Phi) is 5.59. The SMILES string of the molecule is O=C(O)c1ccc(Cc2cc3cc(C(=O)NCc4ccc5c(c4)CCO5)ccc3[nH]c2=O)cc1. The van der Waals surface area contributed by atoms with Crippen LogP contribution >= 0.6 is 0 Å². The van der Waals surface area contributed by atoms with E-state index in [1.54, 1.807) is 36.4 Å². The van der Waals surface area contributed by atoms with Crippen LogP contribution in [0.1, 0.15) is 43.0 Å². The lowest BCUT2D eigenvalue weighted by atomic mass is 10.0. The topological polar surface area (TPSA) is 108 Å². The number of carbonyl (C=O) groups is 2. The molecule has 0 spiro atoms. The molecule has 7 heteroatoms. The largest absolute Gasteiger partial charge is 0.493 e. The minimum absolute atomic E-state index is 0.194. The molecule has 0 unspecified atom stereocenters. The second-order valence-electron chi connectivity index (χ2n) is 8.33. The Balaban J connectivity index is 1.33. The van der Waals surface area contributed by atoms with Crippen LogP contribution in [0.2, 0.25) is 0 Å². The van der Waals surface area contributed by atoms with Gasteiger partial charge in [-0.1, -0.05) is 24.3 Å². The van der Waals surface area contributed by atoms with Gasteiger partial charge in [0, 0.05) is 36.0 Å². The van der Waals surface area contributed by atoms with E-state index in [2.05, 4.69) is 16.4 Å². The molecular weight excluding hydrogens is 432 g/mol. The van der Waals surface area contributed by atoms with Crippen LogP contribution in [0, 0.1) is 0 Å². The number of benzene rings is 3. The minimum atomic E-state index is -0.994. The van der Waals surface area contributed by atoms with Crippen molar-refractivity contribution in [3.8, 4) is 5.75 Å². The van der Waals surface area contributed by atoms with Crippen LogP contribution in [-0.4, -0.2) is 28.6 Å². The van der Waals surface area contributed by atoms with Crippen LogP contribution in [0.4, 0.5) is 0 Å². The molecule has 170 valence electrons. The van der Waals surface area contributed by atoms with Gasteiger partial charge in [-0.15, -0.1) is 0 Å². The summed E-state index contributed by atoms with van der Waals surface area (Å²) in [6.07, 6.45) is 1.23. The fraction of sp³-hybridized carbons (Fsp3) is 0.148. The third-order valence-electron chi connectivity index (χ3n) is 5.99. The Labute approximate surface area is 195 Å². The van der Waals surface area contributed by atoms with E-state index in [4.69, 9.17) is 9.84 Å². The second kappa shape index (κ2) is 8.86. The third-order valence-corrected chi connectivity index (χ3v) is 5.99. The maximum Gasteiger partial charge on any atom is 0.335 e. The second-order valence-corrected chi connectivity index (χ2v) is 8.33. The molecule has 0 bridgehead atoms. The number of aromatic nitrogens is 1. The monoisotopic (exact) mass is 454 g/mol. The number of amides is 1. The summed E-state index contributed by atoms with van der Waals surface area (Å²) < 4.78 is 5.52. The number of rotatable bonds is 6. The number of H-pyrrole nitrogens is 1. The van der Waals surface area contributed by atoms with Crippen molar-refractivity contribution in [3.05, 3.63) is 110 Å². The number of aromatic carboxylic acids is 1. The van der Waals surface area contributed by atoms with Gasteiger partial charge in [-0.2, -0.15) is 0 Å². The summed E-state index contributed by atoms with van der Waals surface area (Å²) in [6, 6.07) is 19.3. The molecule has 0 saturated heterocycles. The maximum atomic E-state index is 12.8. The molecular formula is C27H22N2O5. The van der Waals surface area contributed by atoms with Crippen molar-refractivity contribution in [2.45, 2.75) is 19.4 Å². The van der Waals surface area contributed by atoms with Gasteiger partial charge in [0.05, 0.1) is 12.2 Å². The number of pyridine rings is 1. The van der Waals surface area contributed by atoms with Crippen molar-refractivity contribution < 1.29 is 19.4 Å². The lowest BCUT2D eigenvalue weighted by molar-refractivity contribution is 0.0696. The van der Waals surface area contributed by atoms with Crippen molar-refractivity contribution in [3.63, 3.8) is 0 Å². The standard InChI is InChI=1S/C27H22N2O5/c30-25(28-15-17-3-8-24-19(12-17)9-10-34-24)20-6-7-23-21(13-20)14-22(26(31)29-23)11-16-1-4-18(5-2-16)27(32)33/h1-8,12-14H,9-11,15H2,(H,28,30)(H,29,31)(H,32,33). The fourth-order valence-corrected chi connectivity index (χ4v) is 4.14. The van der Waals surface area contributed by atoms with Crippen LogP contribution in [-0.2, 0) is 19.4 Å². The highest BCUT2D eigenvalue weighted by Gasteiger charge is 2.13. The molecule has 0 radical (unpaired) electrons. The van der Waals surface area contributed by atoms with Crippen molar-refractivity contribution in [2.75, 3.05) is 6.61 Å². The molecule has 1 amide bonds. The molecule has 0 aliphatic carbocycles. The first-order valence-corrected chi connectivity index (χ1v) is 11.0. The van der Waals surface area contributed by atoms with E-state index in [1.807, 2.05) is 12.1 Å². The van der Waals surface area contributed by atoms with Crippen molar-refractivity contribution in [1.82, 2.24) is 10.3 Å². The van der Waals surface area contributed by atoms with E-state index >= 15 is 0 Å². The molecule has 7 nitrogen and oxygen atoms in total. The highest BCUT2D eigenvalue weighted by atomic mass is 16.5. The van der Waals surface area contributed by atoms with Crippen LogP contribution in [0.5, 0.6) is 5.75 Å². The van der Waals surface area contributed by atoms with Gasteiger partial charge in [-0.25, -0.2) is 4.79 Å². The zero-order valence-electron chi connectivity index (χ0n) is 18.3. The van der Waals surface area contributed by atoms with Crippen LogP contribution < -0.4 is 15.6 Å². The van der Waals surface area contributed by atoms with E-state index in [-0.39, 0.29) is 17.0 Å². The summed E-state index contributed by atoms with van der Waals surface area (Å²) in [5.41, 5.74) is 4.65. The van der Waals surface area contributed by atoms with Crippen LogP contribution in [0.15, 0.2) is 71.5 Å². The van der Waals surface area contributed by atoms with E-state index in [9.17, 15) is 14.4 Å². The Morgan fingerprint density at radius 1 is 0.941 bits per heavy atom. The van der Waals surface area contributed by atoms with Crippen molar-refractivity contribution in [2.24, 2.45) is 0 Å². The lowest BCUT2D eigenvalue weighted by Crippen LogP contribution is -2.23. The lowest BCUT2D eigenvalue weighted by Gasteiger charge is -2.09. The van der Waals surface area contributed by atoms with Gasteiger partial charge in [0.1, 0.15) is 5.75 Å². The highest BCUT2D eigenvalue weighted by molar-refractivity contribution is 5.98. The summed E-state index contributed by atoms with van der Waals surface area (Å²) >= 11 is 0. The number of ether oxygens (including phenoxy) is 1. The summed E-state index contributed by atoms with van der Waals surface area (Å²) in [7, 11) is 0. The van der Waals surface area contributed by atoms with E-state index in [0.717, 1.165) is 34.2 Å². The van der Waals surface area contributed by atoms with Gasteiger partial charge in [0.15, 0.2) is 0 Å². The molecule has 4 aromatic rings. The number of carbonyl (C=O) groups excluding carboxylic acids is 1. The Morgan fingerprint density at radius 2 is 1.71 bits per heavy atom. The van der Waals surface area contributed by atoms with Crippen LogP contribution in [0.25, 0.3) is 10.9 Å². The average molecular weight is 454 g/mol. The predicted octanol–water partition coefficient (Wildman–Crippen LogP) is 3.68. The summed E-state index contributed by atoms with van der Waals surface area (Å²) in [4.78, 5) is 39.2. The molecule has 0 saturated carbocycles. The zero-order valence-corrected chi connectivity index (χ0v) is 18.3. The Hall–Kier alpha value is -4.39. The molecule has 0 atom stereocenters. The normalized spacial score (nSPS) is 12.2. The average Bonchev–Trinajstić information content (AvgIpc) is 3.31. The highest BCUT2D eigenvalue weighted by Crippen LogP contribution is 2.26. The summed E-state index contributed by atoms with van der Waals surface area (Å²) in [5.74, 6) is -0.283. The maximum absolute atomic E-state index is 12.8. The Bertz CT molecular complexity index is 1470. The molecule has 34 heavy (non-hydrogen) atoms. The van der Waals surface area contributed by atoms with Gasteiger partial charge >= 0.3 is 5.97 Å². The molecule has 2 heterocycles. The summed E-state index contributed by atoms with van der Waals surface area (Å²) in [6.45, 7) is 1.10. The summed E-state index contributed by atoms with van der Waals surface area (Å²) in [5, 5.41) is 12.7. The van der Waals surface area contributed by atoms with Gasteiger partial charge in [0.25, 0.3) is 11.5 Å². The number of aromatic amines is 1. The molecule has 3 aromatic carbocycles. The van der Waals surface area contributed by atoms with Gasteiger partial charge < -0.3 is 20.1 Å². The number of fused-ring (bicyclic) bond motifs is 2. The molecule has 1 aliphatic rings. The number of carboxylic acids is 1. The number of nitrogens with one attached hydrogen (secondary N) is 2. The van der Waals surface area contributed by atoms with E-state index in [0.29, 0.717) is 36.2 Å². The van der Waals surface area contributed by atoms with E-state index in [1.165, 1.54) is 12.1 Å². The smallest absolute Gasteiger partial charge is 0.335 e. The molecule has 3 N–H and O–H groups in total. The number of hydrogen-bond donors (Lipinski definition) is 3. The number of hydrogen-bond acceptors (Lipinski definition) is 4. The first kappa shape index (κ1) is 21.5.